The molecule has 37 heavy (non-hydrogen) atoms. The number of phenolic OH excluding ortho intramolecular Hbond substituents is 1. The third-order valence-electron chi connectivity index (χ3n) is 5.77. The predicted octanol–water partition coefficient (Wildman–Crippen LogP) is 2.98. The second-order valence-corrected chi connectivity index (χ2v) is 9.63. The van der Waals surface area contributed by atoms with Crippen molar-refractivity contribution in [1.82, 2.24) is 19.9 Å². The summed E-state index contributed by atoms with van der Waals surface area (Å²) in [7, 11) is -4.85. The molecule has 1 amide bonds. The van der Waals surface area contributed by atoms with Gasteiger partial charge in [0.1, 0.15) is 22.8 Å². The van der Waals surface area contributed by atoms with E-state index in [1.54, 1.807) is 12.1 Å². The smallest absolute Gasteiger partial charge is 0.508 e. The average Bonchev–Trinajstić information content (AvgIpc) is 3.21. The third kappa shape index (κ3) is 5.84. The van der Waals surface area contributed by atoms with Crippen molar-refractivity contribution in [2.75, 3.05) is 5.73 Å². The first-order valence-corrected chi connectivity index (χ1v) is 13.0. The van der Waals surface area contributed by atoms with Crippen LogP contribution in [0.15, 0.2) is 36.4 Å². The van der Waals surface area contributed by atoms with Crippen molar-refractivity contribution in [2.24, 2.45) is 0 Å². The van der Waals surface area contributed by atoms with Crippen molar-refractivity contribution >= 4 is 41.5 Å². The second-order valence-electron chi connectivity index (χ2n) is 8.46. The number of hydrogen-bond donors (Lipinski definition) is 5. The molecule has 6 N–H and O–H groups in total. The number of pyridine rings is 1. The number of terminal acetylenes is 1. The molecule has 0 saturated heterocycles. The summed E-state index contributed by atoms with van der Waals surface area (Å²) >= 11 is 0. The number of carbonyl (C=O) groups excluding carboxylic acids is 1. The fourth-order valence-corrected chi connectivity index (χ4v) is 4.55. The highest BCUT2D eigenvalue weighted by Gasteiger charge is 2.22. The van der Waals surface area contributed by atoms with Gasteiger partial charge in [-0.3, -0.25) is 14.6 Å². The molecule has 11 nitrogen and oxygen atoms in total. The second kappa shape index (κ2) is 10.5. The number of aromatic hydroxyl groups is 1. The number of amides is 1. The molecule has 0 spiro atoms. The summed E-state index contributed by atoms with van der Waals surface area (Å²) in [4.78, 5) is 39.6. The Hall–Kier alpha value is -4.10. The number of phosphoric acid groups is 1. The Kier molecular flexibility index (Phi) is 7.36. The zero-order valence-electron chi connectivity index (χ0n) is 20.0. The minimum Gasteiger partial charge on any atom is -0.508 e. The van der Waals surface area contributed by atoms with Gasteiger partial charge in [-0.15, -0.1) is 6.42 Å². The molecule has 4 rings (SSSR count). The summed E-state index contributed by atoms with van der Waals surface area (Å²) in [5.41, 5.74) is 9.12. The number of anilines is 1. The normalized spacial score (nSPS) is 11.5. The monoisotopic (exact) mass is 523 g/mol. The van der Waals surface area contributed by atoms with E-state index in [1.165, 1.54) is 18.2 Å². The molecule has 4 aromatic rings. The molecule has 0 fully saturated rings. The van der Waals surface area contributed by atoms with Crippen LogP contribution in [-0.4, -0.2) is 35.3 Å². The number of phosphoric ester groups is 1. The van der Waals surface area contributed by atoms with Crippen molar-refractivity contribution in [3.63, 3.8) is 0 Å². The molecule has 0 aliphatic carbocycles. The van der Waals surface area contributed by atoms with Crippen LogP contribution in [0.3, 0.4) is 0 Å². The van der Waals surface area contributed by atoms with E-state index in [0.29, 0.717) is 39.7 Å². The number of fused-ring (bicyclic) bond motifs is 3. The van der Waals surface area contributed by atoms with E-state index in [0.717, 1.165) is 18.4 Å². The summed E-state index contributed by atoms with van der Waals surface area (Å²) in [6, 6.07) is 9.41. The van der Waals surface area contributed by atoms with Crippen LogP contribution in [-0.2, 0) is 28.9 Å². The van der Waals surface area contributed by atoms with Gasteiger partial charge in [-0.25, -0.2) is 14.5 Å². The first-order valence-electron chi connectivity index (χ1n) is 11.5. The molecule has 2 aromatic heterocycles. The maximum Gasteiger partial charge on any atom is 0.524 e. The molecule has 0 atom stereocenters. The standard InChI is InChI=1S/C25H26N5O6P/c1-3-5-6-21-29-23-24(30(21)14-16-12-17(31)8-10-20(16)36-37(33,34)35)18-11-15(13-27-22(32)4-2)7-9-19(18)28-25(23)26/h2,7-12,31H,3,5-6,13-14H2,1H3,(H2,26,28)(H,27,32)(H2,33,34,35). The van der Waals surface area contributed by atoms with Crippen LogP contribution in [0, 0.1) is 12.3 Å². The topological polar surface area (TPSA) is 173 Å². The molecule has 192 valence electrons. The van der Waals surface area contributed by atoms with Gasteiger partial charge in [0.05, 0.1) is 17.6 Å². The van der Waals surface area contributed by atoms with Crippen molar-refractivity contribution in [3.05, 3.63) is 53.3 Å². The highest BCUT2D eigenvalue weighted by molar-refractivity contribution is 7.46. The molecule has 0 aliphatic rings. The van der Waals surface area contributed by atoms with Crippen LogP contribution in [0.25, 0.3) is 21.9 Å². The molecule has 2 aromatic carbocycles. The number of benzene rings is 2. The number of nitrogens with zero attached hydrogens (tertiary/aromatic N) is 3. The Balaban J connectivity index is 1.92. The highest BCUT2D eigenvalue weighted by Crippen LogP contribution is 2.41. The quantitative estimate of drug-likeness (QED) is 0.163. The molecule has 0 aliphatic heterocycles. The van der Waals surface area contributed by atoms with Crippen LogP contribution >= 0.6 is 7.82 Å². The number of carbonyl (C=O) groups is 1. The van der Waals surface area contributed by atoms with Crippen molar-refractivity contribution in [1.29, 1.82) is 0 Å². The molecule has 2 heterocycles. The lowest BCUT2D eigenvalue weighted by Crippen LogP contribution is -2.20. The van der Waals surface area contributed by atoms with Gasteiger partial charge in [0, 0.05) is 23.9 Å². The number of aryl methyl sites for hydroxylation is 1. The van der Waals surface area contributed by atoms with Crippen LogP contribution in [0.2, 0.25) is 0 Å². The van der Waals surface area contributed by atoms with Gasteiger partial charge in [0.2, 0.25) is 0 Å². The fraction of sp³-hybridized carbons (Fsp3) is 0.240. The van der Waals surface area contributed by atoms with E-state index >= 15 is 0 Å². The summed E-state index contributed by atoms with van der Waals surface area (Å²) in [6.07, 6.45) is 7.50. The zero-order valence-corrected chi connectivity index (χ0v) is 20.9. The van der Waals surface area contributed by atoms with Crippen LogP contribution in [0.5, 0.6) is 11.5 Å². The maximum absolute atomic E-state index is 11.6. The van der Waals surface area contributed by atoms with Gasteiger partial charge >= 0.3 is 7.82 Å². The maximum atomic E-state index is 11.6. The lowest BCUT2D eigenvalue weighted by atomic mass is 10.1. The Morgan fingerprint density at radius 2 is 2.03 bits per heavy atom. The van der Waals surface area contributed by atoms with Crippen LogP contribution in [0.1, 0.15) is 36.7 Å². The molecule has 0 unspecified atom stereocenters. The summed E-state index contributed by atoms with van der Waals surface area (Å²) in [5.74, 6) is 2.24. The van der Waals surface area contributed by atoms with E-state index in [9.17, 15) is 24.3 Å². The van der Waals surface area contributed by atoms with Gasteiger partial charge in [-0.05, 0) is 48.2 Å². The minimum absolute atomic E-state index is 0.0709. The van der Waals surface area contributed by atoms with Gasteiger partial charge in [0.25, 0.3) is 5.91 Å². The minimum atomic E-state index is -4.85. The van der Waals surface area contributed by atoms with Crippen LogP contribution in [0.4, 0.5) is 5.82 Å². The van der Waals surface area contributed by atoms with Crippen LogP contribution < -0.4 is 15.6 Å². The van der Waals surface area contributed by atoms with E-state index in [-0.39, 0.29) is 30.4 Å². The number of phenols is 1. The molecule has 0 bridgehead atoms. The first-order chi connectivity index (χ1) is 17.6. The highest BCUT2D eigenvalue weighted by atomic mass is 31.2. The van der Waals surface area contributed by atoms with Crippen molar-refractivity contribution in [2.45, 2.75) is 39.3 Å². The van der Waals surface area contributed by atoms with E-state index < -0.39 is 13.7 Å². The number of aromatic nitrogens is 3. The van der Waals surface area contributed by atoms with Gasteiger partial charge < -0.3 is 25.2 Å². The summed E-state index contributed by atoms with van der Waals surface area (Å²) < 4.78 is 18.4. The number of nitrogens with one attached hydrogen (secondary N) is 1. The van der Waals surface area contributed by atoms with Crippen molar-refractivity contribution < 1.29 is 28.8 Å². The lowest BCUT2D eigenvalue weighted by molar-refractivity contribution is -0.115. The van der Waals surface area contributed by atoms with E-state index in [1.807, 2.05) is 16.6 Å². The van der Waals surface area contributed by atoms with Gasteiger partial charge in [0.15, 0.2) is 5.82 Å². The summed E-state index contributed by atoms with van der Waals surface area (Å²) in [5, 5.41) is 13.5. The number of hydrogen-bond acceptors (Lipinski definition) is 7. The Bertz CT molecular complexity index is 1590. The largest absolute Gasteiger partial charge is 0.524 e. The Morgan fingerprint density at radius 1 is 1.24 bits per heavy atom. The first kappa shape index (κ1) is 26.0. The predicted molar refractivity (Wildman–Crippen MR) is 139 cm³/mol. The molecular weight excluding hydrogens is 497 g/mol. The molecule has 0 saturated carbocycles. The SMILES string of the molecule is C#CC(=O)NCc1ccc2nc(N)c3nc(CCCC)n(Cc4cc(O)ccc4OP(=O)(O)O)c3c2c1. The zero-order chi connectivity index (χ0) is 26.7. The Morgan fingerprint density at radius 3 is 2.73 bits per heavy atom. The van der Waals surface area contributed by atoms with E-state index in [2.05, 4.69) is 17.2 Å². The molecule has 12 heteroatoms. The number of imidazole rings is 1. The van der Waals surface area contributed by atoms with Gasteiger partial charge in [-0.1, -0.05) is 19.4 Å². The Labute approximate surface area is 212 Å². The van der Waals surface area contributed by atoms with E-state index in [4.69, 9.17) is 21.7 Å². The third-order valence-corrected chi connectivity index (χ3v) is 6.21. The number of nitrogen functional groups attached to an aromatic ring is 1. The summed E-state index contributed by atoms with van der Waals surface area (Å²) in [6.45, 7) is 2.33. The fourth-order valence-electron chi connectivity index (χ4n) is 4.12. The lowest BCUT2D eigenvalue weighted by Gasteiger charge is -2.16. The molecule has 0 radical (unpaired) electrons. The van der Waals surface area contributed by atoms with Gasteiger partial charge in [-0.2, -0.15) is 0 Å². The number of rotatable bonds is 9. The van der Waals surface area contributed by atoms with Crippen molar-refractivity contribution in [3.8, 4) is 23.8 Å². The molecular formula is C25H26N5O6P. The number of nitrogens with two attached hydrogens (primary N) is 1. The average molecular weight is 523 g/mol. The number of unbranched alkanes of at least 4 members (excludes halogenated alkanes) is 1.